The summed E-state index contributed by atoms with van der Waals surface area (Å²) in [5.41, 5.74) is 0.551. The van der Waals surface area contributed by atoms with Crippen molar-refractivity contribution in [3.05, 3.63) is 52.8 Å². The van der Waals surface area contributed by atoms with E-state index in [1.165, 1.54) is 7.11 Å². The second-order valence-electron chi connectivity index (χ2n) is 4.97. The summed E-state index contributed by atoms with van der Waals surface area (Å²) in [6.07, 6.45) is -2.63. The van der Waals surface area contributed by atoms with Crippen LogP contribution < -0.4 is 15.0 Å². The molecule has 0 fully saturated rings. The van der Waals surface area contributed by atoms with Gasteiger partial charge >= 0.3 is 0 Å². The van der Waals surface area contributed by atoms with E-state index < -0.39 is 13.0 Å². The Morgan fingerprint density at radius 3 is 2.71 bits per heavy atom. The first-order chi connectivity index (χ1) is 11.6. The topological polar surface area (TPSA) is 64.2 Å². The van der Waals surface area contributed by atoms with Gasteiger partial charge in [0, 0.05) is 0 Å². The number of hydrogen-bond acceptors (Lipinski definition) is 4. The van der Waals surface area contributed by atoms with Crippen LogP contribution in [0, 0.1) is 0 Å². The average Bonchev–Trinajstić information content (AvgIpc) is 2.59. The quantitative estimate of drug-likeness (QED) is 0.779. The molecule has 0 aliphatic heterocycles. The minimum absolute atomic E-state index is 0.110. The van der Waals surface area contributed by atoms with Crippen LogP contribution in [0.3, 0.4) is 0 Å². The minimum atomic E-state index is -2.63. The van der Waals surface area contributed by atoms with Gasteiger partial charge in [0.15, 0.2) is 11.5 Å². The van der Waals surface area contributed by atoms with Crippen LogP contribution in [0.1, 0.15) is 0 Å². The number of nitrogens with one attached hydrogen (secondary N) is 1. The fourth-order valence-electron chi connectivity index (χ4n) is 2.37. The lowest BCUT2D eigenvalue weighted by molar-refractivity contribution is 0.0807. The molecule has 0 spiro atoms. The number of para-hydroxylation sites is 2. The molecule has 1 N–H and O–H groups in total. The summed E-state index contributed by atoms with van der Waals surface area (Å²) in [6, 6.07) is 11.7. The molecule has 0 saturated carbocycles. The van der Waals surface area contributed by atoms with E-state index in [0.29, 0.717) is 16.5 Å². The van der Waals surface area contributed by atoms with Crippen molar-refractivity contribution >= 4 is 10.9 Å². The predicted octanol–water partition coefficient (Wildman–Crippen LogP) is 3.24. The van der Waals surface area contributed by atoms with E-state index >= 15 is 0 Å². The third kappa shape index (κ3) is 3.05. The Morgan fingerprint density at radius 1 is 1.17 bits per heavy atom. The van der Waals surface area contributed by atoms with Crippen molar-refractivity contribution in [2.45, 2.75) is 6.43 Å². The van der Waals surface area contributed by atoms with Crippen molar-refractivity contribution in [3.8, 4) is 22.9 Å². The average molecular weight is 332 g/mol. The number of fused-ring (bicyclic) bond motifs is 1. The van der Waals surface area contributed by atoms with Crippen LogP contribution in [0.2, 0.25) is 0 Å². The lowest BCUT2D eigenvalue weighted by atomic mass is 10.1. The van der Waals surface area contributed by atoms with E-state index in [2.05, 4.69) is 9.97 Å². The second kappa shape index (κ2) is 6.66. The molecule has 7 heteroatoms. The predicted molar refractivity (Wildman–Crippen MR) is 85.9 cm³/mol. The number of alkyl halides is 2. The van der Waals surface area contributed by atoms with Crippen LogP contribution >= 0.6 is 0 Å². The van der Waals surface area contributed by atoms with Gasteiger partial charge in [-0.1, -0.05) is 18.2 Å². The van der Waals surface area contributed by atoms with Crippen LogP contribution in [0.25, 0.3) is 22.3 Å². The zero-order chi connectivity index (χ0) is 17.1. The minimum Gasteiger partial charge on any atom is -0.493 e. The van der Waals surface area contributed by atoms with Crippen molar-refractivity contribution in [1.29, 1.82) is 0 Å². The normalized spacial score (nSPS) is 11.0. The zero-order valence-corrected chi connectivity index (χ0v) is 12.8. The fraction of sp³-hybridized carbons (Fsp3) is 0.176. The molecule has 1 aromatic heterocycles. The van der Waals surface area contributed by atoms with E-state index in [-0.39, 0.29) is 22.9 Å². The van der Waals surface area contributed by atoms with E-state index in [9.17, 15) is 13.6 Å². The second-order valence-corrected chi connectivity index (χ2v) is 4.97. The number of benzene rings is 2. The molecule has 124 valence electrons. The van der Waals surface area contributed by atoms with Gasteiger partial charge in [0.05, 0.1) is 23.6 Å². The molecule has 0 aliphatic rings. The van der Waals surface area contributed by atoms with Crippen LogP contribution in [-0.2, 0) is 0 Å². The number of ether oxygens (including phenoxy) is 2. The SMILES string of the molecule is COc1cccc(-c2nc3ccccc3c(=O)[nH]2)c1OCC(F)F. The molecule has 0 radical (unpaired) electrons. The van der Waals surface area contributed by atoms with E-state index in [1.54, 1.807) is 42.5 Å². The maximum atomic E-state index is 12.5. The smallest absolute Gasteiger partial charge is 0.272 e. The molecular weight excluding hydrogens is 318 g/mol. The molecule has 0 unspecified atom stereocenters. The molecule has 1 heterocycles. The number of aromatic amines is 1. The Hall–Kier alpha value is -2.96. The first kappa shape index (κ1) is 15.9. The maximum absolute atomic E-state index is 12.5. The molecule has 0 bridgehead atoms. The number of methoxy groups -OCH3 is 1. The highest BCUT2D eigenvalue weighted by molar-refractivity contribution is 5.80. The largest absolute Gasteiger partial charge is 0.493 e. The Balaban J connectivity index is 2.16. The molecule has 5 nitrogen and oxygen atoms in total. The number of rotatable bonds is 5. The molecule has 0 saturated heterocycles. The molecular formula is C17H14F2N2O3. The molecule has 24 heavy (non-hydrogen) atoms. The fourth-order valence-corrected chi connectivity index (χ4v) is 2.37. The van der Waals surface area contributed by atoms with Gasteiger partial charge < -0.3 is 14.5 Å². The van der Waals surface area contributed by atoms with Gasteiger partial charge in [0.25, 0.3) is 12.0 Å². The lowest BCUT2D eigenvalue weighted by Gasteiger charge is -2.14. The first-order valence-electron chi connectivity index (χ1n) is 7.17. The number of halogens is 2. The van der Waals surface area contributed by atoms with Crippen molar-refractivity contribution in [2.75, 3.05) is 13.7 Å². The Kier molecular flexibility index (Phi) is 4.41. The zero-order valence-electron chi connectivity index (χ0n) is 12.8. The number of H-pyrrole nitrogens is 1. The summed E-state index contributed by atoms with van der Waals surface area (Å²) >= 11 is 0. The standard InChI is InChI=1S/C17H14F2N2O3/c1-23-13-8-4-6-11(15(13)24-9-14(18)19)16-20-12-7-3-2-5-10(12)17(22)21-16/h2-8,14H,9H2,1H3,(H,20,21,22). The van der Waals surface area contributed by atoms with Gasteiger partial charge in [0.1, 0.15) is 12.4 Å². The molecule has 3 aromatic rings. The highest BCUT2D eigenvalue weighted by atomic mass is 19.3. The molecule has 3 rings (SSSR count). The van der Waals surface area contributed by atoms with Gasteiger partial charge in [-0.05, 0) is 24.3 Å². The first-order valence-corrected chi connectivity index (χ1v) is 7.17. The van der Waals surface area contributed by atoms with Crippen LogP contribution in [0.5, 0.6) is 11.5 Å². The Labute approximate surface area is 135 Å². The Bertz CT molecular complexity index is 925. The van der Waals surface area contributed by atoms with Gasteiger partial charge in [0.2, 0.25) is 0 Å². The summed E-state index contributed by atoms with van der Waals surface area (Å²) in [5.74, 6) is 0.615. The monoisotopic (exact) mass is 332 g/mol. The van der Waals surface area contributed by atoms with E-state index in [4.69, 9.17) is 9.47 Å². The maximum Gasteiger partial charge on any atom is 0.272 e. The summed E-state index contributed by atoms with van der Waals surface area (Å²) in [7, 11) is 1.41. The third-order valence-electron chi connectivity index (χ3n) is 3.42. The molecule has 0 amide bonds. The highest BCUT2D eigenvalue weighted by Gasteiger charge is 2.17. The summed E-state index contributed by atoms with van der Waals surface area (Å²) in [4.78, 5) is 19.3. The van der Waals surface area contributed by atoms with Gasteiger partial charge in [-0.3, -0.25) is 4.79 Å². The van der Waals surface area contributed by atoms with Crippen molar-refractivity contribution in [3.63, 3.8) is 0 Å². The van der Waals surface area contributed by atoms with Crippen molar-refractivity contribution in [2.24, 2.45) is 0 Å². The van der Waals surface area contributed by atoms with Gasteiger partial charge in [-0.2, -0.15) is 0 Å². The number of nitrogens with zero attached hydrogens (tertiary/aromatic N) is 1. The number of aromatic nitrogens is 2. The van der Waals surface area contributed by atoms with E-state index in [0.717, 1.165) is 0 Å². The van der Waals surface area contributed by atoms with Crippen molar-refractivity contribution < 1.29 is 18.3 Å². The van der Waals surface area contributed by atoms with Crippen LogP contribution in [0.15, 0.2) is 47.3 Å². The summed E-state index contributed by atoms with van der Waals surface area (Å²) in [6.45, 7) is -0.787. The van der Waals surface area contributed by atoms with Gasteiger partial charge in [-0.15, -0.1) is 0 Å². The third-order valence-corrected chi connectivity index (χ3v) is 3.42. The summed E-state index contributed by atoms with van der Waals surface area (Å²) in [5, 5.41) is 0.444. The highest BCUT2D eigenvalue weighted by Crippen LogP contribution is 2.36. The van der Waals surface area contributed by atoms with Crippen LogP contribution in [0.4, 0.5) is 8.78 Å². The Morgan fingerprint density at radius 2 is 1.96 bits per heavy atom. The van der Waals surface area contributed by atoms with E-state index in [1.807, 2.05) is 0 Å². The lowest BCUT2D eigenvalue weighted by Crippen LogP contribution is -2.12. The molecule has 0 aliphatic carbocycles. The summed E-state index contributed by atoms with van der Waals surface area (Å²) < 4.78 is 35.4. The van der Waals surface area contributed by atoms with Crippen LogP contribution in [-0.4, -0.2) is 30.1 Å². The van der Waals surface area contributed by atoms with Crippen molar-refractivity contribution in [1.82, 2.24) is 9.97 Å². The number of hydrogen-bond donors (Lipinski definition) is 1. The van der Waals surface area contributed by atoms with Gasteiger partial charge in [-0.25, -0.2) is 13.8 Å². The molecule has 2 aromatic carbocycles. The molecule has 0 atom stereocenters.